The number of rotatable bonds is 10. The van der Waals surface area contributed by atoms with Gasteiger partial charge in [0.25, 0.3) is 5.91 Å². The first-order valence-corrected chi connectivity index (χ1v) is 12.6. The molecular weight excluding hydrogens is 535 g/mol. The Balaban J connectivity index is 1.31. The summed E-state index contributed by atoms with van der Waals surface area (Å²) in [6.07, 6.45) is 1.20. The lowest BCUT2D eigenvalue weighted by Gasteiger charge is -2.20. The molecule has 0 bridgehead atoms. The molecule has 5 N–H and O–H groups in total. The molecule has 1 aromatic carbocycles. The minimum atomic E-state index is -4.65. The Hall–Kier alpha value is -4.17. The normalized spacial score (nSPS) is 15.7. The van der Waals surface area contributed by atoms with Crippen molar-refractivity contribution in [3.63, 3.8) is 0 Å². The van der Waals surface area contributed by atoms with Crippen molar-refractivity contribution >= 4 is 28.8 Å². The van der Waals surface area contributed by atoms with Gasteiger partial charge in [-0.1, -0.05) is 6.08 Å². The molecule has 2 atom stereocenters. The van der Waals surface area contributed by atoms with Crippen molar-refractivity contribution in [3.8, 4) is 5.75 Å². The molecule has 0 saturated heterocycles. The van der Waals surface area contributed by atoms with Gasteiger partial charge in [0.2, 0.25) is 0 Å². The third kappa shape index (κ3) is 7.45. The quantitative estimate of drug-likeness (QED) is 0.233. The van der Waals surface area contributed by atoms with Crippen LogP contribution < -0.4 is 26.0 Å². The van der Waals surface area contributed by atoms with E-state index in [-0.39, 0.29) is 41.6 Å². The van der Waals surface area contributed by atoms with Gasteiger partial charge in [-0.2, -0.15) is 17.5 Å². The first-order valence-electron chi connectivity index (χ1n) is 11.8. The van der Waals surface area contributed by atoms with Crippen molar-refractivity contribution < 1.29 is 27.8 Å². The van der Waals surface area contributed by atoms with Crippen molar-refractivity contribution in [2.24, 2.45) is 0 Å². The minimum Gasteiger partial charge on any atom is -0.486 e. The Labute approximate surface area is 226 Å². The number of aromatic nitrogens is 3. The van der Waals surface area contributed by atoms with Gasteiger partial charge >= 0.3 is 6.18 Å². The number of aliphatic hydroxyl groups excluding tert-OH is 1. The standard InChI is InChI=1S/C25H26F3N7O3S/c1-14-33-22(35-39-14)24(37)34-20-8-5-16(11-19(20)25(26,27)28)32-13-31-15-3-6-17(7-4-15)38-18-9-10-30-21(12-18)23(36)29-2/h3-6,8-12,17,24,31-32,34,37H,7,13H2,1-2H3,(H,29,36). The van der Waals surface area contributed by atoms with Crippen LogP contribution in [0.15, 0.2) is 60.5 Å². The van der Waals surface area contributed by atoms with Crippen molar-refractivity contribution in [3.05, 3.63) is 82.5 Å². The van der Waals surface area contributed by atoms with E-state index in [1.165, 1.54) is 25.4 Å². The lowest BCUT2D eigenvalue weighted by atomic mass is 10.1. The molecule has 0 fully saturated rings. The molecule has 39 heavy (non-hydrogen) atoms. The molecular formula is C25H26F3N7O3S. The average Bonchev–Trinajstić information content (AvgIpc) is 3.36. The molecule has 3 aromatic rings. The second-order valence-corrected chi connectivity index (χ2v) is 9.33. The van der Waals surface area contributed by atoms with Crippen LogP contribution >= 0.6 is 11.5 Å². The van der Waals surface area contributed by atoms with E-state index in [0.29, 0.717) is 17.2 Å². The van der Waals surface area contributed by atoms with Gasteiger partial charge < -0.3 is 31.1 Å². The van der Waals surface area contributed by atoms with E-state index in [1.807, 2.05) is 12.2 Å². The van der Waals surface area contributed by atoms with E-state index in [2.05, 4.69) is 35.6 Å². The number of hydrogen-bond donors (Lipinski definition) is 5. The predicted molar refractivity (Wildman–Crippen MR) is 140 cm³/mol. The van der Waals surface area contributed by atoms with Crippen LogP contribution in [0.1, 0.15) is 39.5 Å². The number of ether oxygens (including phenoxy) is 1. The van der Waals surface area contributed by atoms with Crippen LogP contribution in [0.2, 0.25) is 0 Å². The van der Waals surface area contributed by atoms with Gasteiger partial charge in [-0.05, 0) is 54.9 Å². The monoisotopic (exact) mass is 561 g/mol. The summed E-state index contributed by atoms with van der Waals surface area (Å²) in [4.78, 5) is 19.7. The number of allylic oxidation sites excluding steroid dienone is 1. The van der Waals surface area contributed by atoms with Gasteiger partial charge in [0.1, 0.15) is 22.6 Å². The number of anilines is 2. The molecule has 206 valence electrons. The molecule has 1 amide bonds. The Morgan fingerprint density at radius 1 is 1.26 bits per heavy atom. The SMILES string of the molecule is CNC(=O)c1cc(OC2C=CC(NCNc3ccc(NC(O)c4nsc(C)n4)c(C(F)(F)F)c3)=CC2)ccn1. The summed E-state index contributed by atoms with van der Waals surface area (Å²) in [5.74, 6) is 0.203. The molecule has 14 heteroatoms. The molecule has 4 rings (SSSR count). The van der Waals surface area contributed by atoms with E-state index in [1.54, 1.807) is 25.1 Å². The predicted octanol–water partition coefficient (Wildman–Crippen LogP) is 3.97. The third-order valence-corrected chi connectivity index (χ3v) is 6.16. The summed E-state index contributed by atoms with van der Waals surface area (Å²) >= 11 is 1.05. The Morgan fingerprint density at radius 2 is 2.08 bits per heavy atom. The number of pyridine rings is 1. The number of nitrogens with zero attached hydrogens (tertiary/aromatic N) is 3. The van der Waals surface area contributed by atoms with E-state index in [0.717, 1.165) is 23.3 Å². The molecule has 0 saturated carbocycles. The molecule has 0 radical (unpaired) electrons. The van der Waals surface area contributed by atoms with Gasteiger partial charge in [0, 0.05) is 42.8 Å². The lowest BCUT2D eigenvalue weighted by Crippen LogP contribution is -2.24. The second-order valence-electron chi connectivity index (χ2n) is 8.37. The van der Waals surface area contributed by atoms with Gasteiger partial charge in [-0.15, -0.1) is 0 Å². The number of benzene rings is 1. The minimum absolute atomic E-state index is 0.00731. The highest BCUT2D eigenvalue weighted by Crippen LogP contribution is 2.37. The van der Waals surface area contributed by atoms with Gasteiger partial charge in [-0.3, -0.25) is 9.78 Å². The van der Waals surface area contributed by atoms with Crippen LogP contribution in [0.3, 0.4) is 0 Å². The molecule has 2 heterocycles. The van der Waals surface area contributed by atoms with Crippen molar-refractivity contribution in [2.45, 2.75) is 31.9 Å². The van der Waals surface area contributed by atoms with Crippen LogP contribution in [0.25, 0.3) is 0 Å². The number of halogens is 3. The van der Waals surface area contributed by atoms with Gasteiger partial charge in [-0.25, -0.2) is 4.98 Å². The van der Waals surface area contributed by atoms with Crippen LogP contribution in [0, 0.1) is 6.92 Å². The van der Waals surface area contributed by atoms with Crippen LogP contribution in [-0.2, 0) is 6.18 Å². The van der Waals surface area contributed by atoms with E-state index < -0.39 is 18.0 Å². The second kappa shape index (κ2) is 12.1. The number of amides is 1. The molecule has 1 aliphatic carbocycles. The highest BCUT2D eigenvalue weighted by molar-refractivity contribution is 7.05. The molecule has 1 aliphatic rings. The summed E-state index contributed by atoms with van der Waals surface area (Å²) in [6, 6.07) is 6.90. The number of carbonyl (C=O) groups is 1. The largest absolute Gasteiger partial charge is 0.486 e. The van der Waals surface area contributed by atoms with Crippen LogP contribution in [-0.4, -0.2) is 45.2 Å². The van der Waals surface area contributed by atoms with Gasteiger partial charge in [0.05, 0.1) is 12.2 Å². The number of alkyl halides is 3. The van der Waals surface area contributed by atoms with Crippen LogP contribution in [0.5, 0.6) is 5.75 Å². The Morgan fingerprint density at radius 3 is 2.74 bits per heavy atom. The average molecular weight is 562 g/mol. The molecule has 10 nitrogen and oxygen atoms in total. The number of hydrogen-bond acceptors (Lipinski definition) is 10. The van der Waals surface area contributed by atoms with Crippen LogP contribution in [0.4, 0.5) is 24.5 Å². The van der Waals surface area contributed by atoms with E-state index in [9.17, 15) is 23.1 Å². The highest BCUT2D eigenvalue weighted by Gasteiger charge is 2.34. The topological polar surface area (TPSA) is 133 Å². The maximum atomic E-state index is 13.7. The fraction of sp³-hybridized carbons (Fsp3) is 0.280. The number of aliphatic hydroxyl groups is 1. The maximum Gasteiger partial charge on any atom is 0.418 e. The number of aryl methyl sites for hydroxylation is 1. The van der Waals surface area contributed by atoms with E-state index in [4.69, 9.17) is 4.74 Å². The van der Waals surface area contributed by atoms with Crippen molar-refractivity contribution in [1.29, 1.82) is 0 Å². The Bertz CT molecular complexity index is 1380. The zero-order valence-electron chi connectivity index (χ0n) is 20.9. The fourth-order valence-electron chi connectivity index (χ4n) is 3.63. The van der Waals surface area contributed by atoms with E-state index >= 15 is 0 Å². The molecule has 2 unspecified atom stereocenters. The number of nitrogens with one attached hydrogen (secondary N) is 4. The smallest absolute Gasteiger partial charge is 0.418 e. The highest BCUT2D eigenvalue weighted by atomic mass is 32.1. The summed E-state index contributed by atoms with van der Waals surface area (Å²) in [5.41, 5.74) is 0.0295. The summed E-state index contributed by atoms with van der Waals surface area (Å²) < 4.78 is 51.0. The zero-order chi connectivity index (χ0) is 28.0. The third-order valence-electron chi connectivity index (χ3n) is 5.53. The zero-order valence-corrected chi connectivity index (χ0v) is 21.7. The summed E-state index contributed by atoms with van der Waals surface area (Å²) in [5, 5.41) is 21.8. The fourth-order valence-corrected chi connectivity index (χ4v) is 4.13. The van der Waals surface area contributed by atoms with Gasteiger partial charge in [0.15, 0.2) is 12.1 Å². The lowest BCUT2D eigenvalue weighted by molar-refractivity contribution is -0.137. The first-order chi connectivity index (χ1) is 18.6. The number of carbonyl (C=O) groups excluding carboxylic acids is 1. The molecule has 2 aromatic heterocycles. The molecule has 0 spiro atoms. The first kappa shape index (κ1) is 27.9. The Kier molecular flexibility index (Phi) is 8.66. The molecule has 0 aliphatic heterocycles. The van der Waals surface area contributed by atoms with Crippen molar-refractivity contribution in [2.75, 3.05) is 24.3 Å². The maximum absolute atomic E-state index is 13.7. The summed E-state index contributed by atoms with van der Waals surface area (Å²) in [7, 11) is 1.52. The van der Waals surface area contributed by atoms with Crippen molar-refractivity contribution in [1.82, 2.24) is 25.0 Å². The summed E-state index contributed by atoms with van der Waals surface area (Å²) in [6.45, 7) is 1.85.